The minimum atomic E-state index is -0.186. The molecule has 0 aliphatic carbocycles. The number of benzene rings is 1. The molecule has 1 aromatic heterocycles. The van der Waals surface area contributed by atoms with Gasteiger partial charge < -0.3 is 5.32 Å². The predicted molar refractivity (Wildman–Crippen MR) is 78.5 cm³/mol. The summed E-state index contributed by atoms with van der Waals surface area (Å²) < 4.78 is 14.8. The number of nitrogens with zero attached hydrogens (tertiary/aromatic N) is 1. The highest BCUT2D eigenvalue weighted by Gasteiger charge is 2.18. The Labute approximate surface area is 121 Å². The molecule has 4 heteroatoms. The van der Waals surface area contributed by atoms with Crippen LogP contribution in [0.1, 0.15) is 24.1 Å². The normalized spacial score (nSPS) is 12.4. The first-order chi connectivity index (χ1) is 9.22. The monoisotopic (exact) mass is 322 g/mol. The highest BCUT2D eigenvalue weighted by molar-refractivity contribution is 9.10. The van der Waals surface area contributed by atoms with Crippen molar-refractivity contribution in [2.75, 3.05) is 6.54 Å². The summed E-state index contributed by atoms with van der Waals surface area (Å²) in [6.45, 7) is 2.81. The highest BCUT2D eigenvalue weighted by Crippen LogP contribution is 2.28. The fourth-order valence-electron chi connectivity index (χ4n) is 2.12. The van der Waals surface area contributed by atoms with Crippen LogP contribution in [0, 0.1) is 5.82 Å². The van der Waals surface area contributed by atoms with E-state index in [0.717, 1.165) is 23.0 Å². The van der Waals surface area contributed by atoms with Crippen LogP contribution >= 0.6 is 15.9 Å². The summed E-state index contributed by atoms with van der Waals surface area (Å²) in [7, 11) is 0. The fraction of sp³-hybridized carbons (Fsp3) is 0.267. The zero-order valence-corrected chi connectivity index (χ0v) is 12.3. The van der Waals surface area contributed by atoms with Crippen LogP contribution in [0.3, 0.4) is 0 Å². The SMILES string of the molecule is CCNC(Cc1ccncc1)c1c(F)cccc1Br. The summed E-state index contributed by atoms with van der Waals surface area (Å²) >= 11 is 3.44. The summed E-state index contributed by atoms with van der Waals surface area (Å²) in [6.07, 6.45) is 4.25. The molecule has 0 saturated heterocycles. The van der Waals surface area contributed by atoms with Crippen molar-refractivity contribution in [1.29, 1.82) is 0 Å². The Bertz CT molecular complexity index is 511. The van der Waals surface area contributed by atoms with Gasteiger partial charge in [0.1, 0.15) is 5.82 Å². The van der Waals surface area contributed by atoms with Crippen molar-refractivity contribution in [3.63, 3.8) is 0 Å². The molecule has 1 N–H and O–H groups in total. The molecule has 1 unspecified atom stereocenters. The lowest BCUT2D eigenvalue weighted by Crippen LogP contribution is -2.24. The van der Waals surface area contributed by atoms with E-state index in [4.69, 9.17) is 0 Å². The molecule has 2 rings (SSSR count). The third-order valence-electron chi connectivity index (χ3n) is 2.99. The van der Waals surface area contributed by atoms with E-state index in [-0.39, 0.29) is 11.9 Å². The Kier molecular flexibility index (Phi) is 5.05. The molecular weight excluding hydrogens is 307 g/mol. The number of aromatic nitrogens is 1. The van der Waals surface area contributed by atoms with Gasteiger partial charge in [0.15, 0.2) is 0 Å². The molecule has 1 heterocycles. The van der Waals surface area contributed by atoms with E-state index in [0.29, 0.717) is 5.56 Å². The van der Waals surface area contributed by atoms with Crippen LogP contribution in [0.4, 0.5) is 4.39 Å². The van der Waals surface area contributed by atoms with Crippen molar-refractivity contribution in [3.8, 4) is 0 Å². The lowest BCUT2D eigenvalue weighted by atomic mass is 9.99. The molecule has 0 amide bonds. The Balaban J connectivity index is 2.30. The van der Waals surface area contributed by atoms with Gasteiger partial charge in [0.25, 0.3) is 0 Å². The van der Waals surface area contributed by atoms with E-state index in [1.165, 1.54) is 6.07 Å². The van der Waals surface area contributed by atoms with Gasteiger partial charge in [-0.2, -0.15) is 0 Å². The van der Waals surface area contributed by atoms with Crippen molar-refractivity contribution in [2.45, 2.75) is 19.4 Å². The molecule has 0 bridgehead atoms. The van der Waals surface area contributed by atoms with Crippen LogP contribution in [0.2, 0.25) is 0 Å². The largest absolute Gasteiger partial charge is 0.310 e. The fourth-order valence-corrected chi connectivity index (χ4v) is 2.74. The van der Waals surface area contributed by atoms with Gasteiger partial charge >= 0.3 is 0 Å². The second-order valence-electron chi connectivity index (χ2n) is 4.31. The number of hydrogen-bond acceptors (Lipinski definition) is 2. The summed E-state index contributed by atoms with van der Waals surface area (Å²) in [5.74, 6) is -0.186. The smallest absolute Gasteiger partial charge is 0.129 e. The molecule has 0 aliphatic rings. The van der Waals surface area contributed by atoms with Crippen molar-refractivity contribution >= 4 is 15.9 Å². The van der Waals surface area contributed by atoms with E-state index in [1.54, 1.807) is 18.5 Å². The van der Waals surface area contributed by atoms with Crippen molar-refractivity contribution < 1.29 is 4.39 Å². The van der Waals surface area contributed by atoms with Gasteiger partial charge in [0.2, 0.25) is 0 Å². The molecule has 0 aliphatic heterocycles. The molecule has 2 nitrogen and oxygen atoms in total. The molecule has 0 radical (unpaired) electrons. The van der Waals surface area contributed by atoms with Crippen LogP contribution < -0.4 is 5.32 Å². The van der Waals surface area contributed by atoms with E-state index in [9.17, 15) is 4.39 Å². The Morgan fingerprint density at radius 3 is 2.63 bits per heavy atom. The lowest BCUT2D eigenvalue weighted by Gasteiger charge is -2.20. The number of likely N-dealkylation sites (N-methyl/N-ethyl adjacent to an activating group) is 1. The molecule has 19 heavy (non-hydrogen) atoms. The first kappa shape index (κ1) is 14.2. The summed E-state index contributed by atoms with van der Waals surface area (Å²) in [4.78, 5) is 4.00. The third-order valence-corrected chi connectivity index (χ3v) is 3.68. The first-order valence-electron chi connectivity index (χ1n) is 6.28. The van der Waals surface area contributed by atoms with Gasteiger partial charge in [-0.3, -0.25) is 4.98 Å². The van der Waals surface area contributed by atoms with Gasteiger partial charge in [-0.15, -0.1) is 0 Å². The average Bonchev–Trinajstić information content (AvgIpc) is 2.40. The Hall–Kier alpha value is -1.26. The van der Waals surface area contributed by atoms with Crippen LogP contribution in [0.25, 0.3) is 0 Å². The van der Waals surface area contributed by atoms with Gasteiger partial charge in [-0.1, -0.05) is 28.9 Å². The second kappa shape index (κ2) is 6.78. The summed E-state index contributed by atoms with van der Waals surface area (Å²) in [6, 6.07) is 8.94. The zero-order valence-electron chi connectivity index (χ0n) is 10.7. The Morgan fingerprint density at radius 2 is 2.00 bits per heavy atom. The van der Waals surface area contributed by atoms with Crippen molar-refractivity contribution in [1.82, 2.24) is 10.3 Å². The zero-order chi connectivity index (χ0) is 13.7. The maximum Gasteiger partial charge on any atom is 0.129 e. The molecule has 0 spiro atoms. The molecule has 2 aromatic rings. The summed E-state index contributed by atoms with van der Waals surface area (Å²) in [5, 5.41) is 3.34. The number of nitrogens with one attached hydrogen (secondary N) is 1. The molecular formula is C15H16BrFN2. The molecule has 0 saturated carbocycles. The number of rotatable bonds is 5. The van der Waals surface area contributed by atoms with Gasteiger partial charge in [-0.25, -0.2) is 4.39 Å². The number of halogens is 2. The van der Waals surface area contributed by atoms with Crippen LogP contribution in [-0.2, 0) is 6.42 Å². The summed E-state index contributed by atoms with van der Waals surface area (Å²) in [5.41, 5.74) is 1.82. The van der Waals surface area contributed by atoms with E-state index in [1.807, 2.05) is 25.1 Å². The average molecular weight is 323 g/mol. The molecule has 0 fully saturated rings. The van der Waals surface area contributed by atoms with Gasteiger partial charge in [-0.05, 0) is 42.8 Å². The minimum Gasteiger partial charge on any atom is -0.310 e. The third kappa shape index (κ3) is 3.61. The standard InChI is InChI=1S/C15H16BrFN2/c1-2-19-14(10-11-6-8-18-9-7-11)15-12(16)4-3-5-13(15)17/h3-9,14,19H,2,10H2,1H3. The van der Waals surface area contributed by atoms with E-state index in [2.05, 4.69) is 26.2 Å². The molecule has 1 atom stereocenters. The highest BCUT2D eigenvalue weighted by atomic mass is 79.9. The predicted octanol–water partition coefficient (Wildman–Crippen LogP) is 3.88. The first-order valence-corrected chi connectivity index (χ1v) is 7.08. The topological polar surface area (TPSA) is 24.9 Å². The number of pyridine rings is 1. The van der Waals surface area contributed by atoms with Crippen molar-refractivity contribution in [3.05, 3.63) is 64.1 Å². The van der Waals surface area contributed by atoms with Gasteiger partial charge in [0, 0.05) is 28.5 Å². The quantitative estimate of drug-likeness (QED) is 0.903. The molecule has 100 valence electrons. The maximum atomic E-state index is 14.0. The Morgan fingerprint density at radius 1 is 1.26 bits per heavy atom. The van der Waals surface area contributed by atoms with Crippen molar-refractivity contribution in [2.24, 2.45) is 0 Å². The molecule has 1 aromatic carbocycles. The second-order valence-corrected chi connectivity index (χ2v) is 5.16. The lowest BCUT2D eigenvalue weighted by molar-refractivity contribution is 0.507. The number of hydrogen-bond donors (Lipinski definition) is 1. The van der Waals surface area contributed by atoms with E-state index >= 15 is 0 Å². The maximum absolute atomic E-state index is 14.0. The van der Waals surface area contributed by atoms with Gasteiger partial charge in [0.05, 0.1) is 0 Å². The van der Waals surface area contributed by atoms with Crippen LogP contribution in [-0.4, -0.2) is 11.5 Å². The van der Waals surface area contributed by atoms with E-state index < -0.39 is 0 Å². The van der Waals surface area contributed by atoms with Crippen LogP contribution in [0.5, 0.6) is 0 Å². The van der Waals surface area contributed by atoms with Crippen LogP contribution in [0.15, 0.2) is 47.2 Å². The minimum absolute atomic E-state index is 0.0528.